The first-order valence-corrected chi connectivity index (χ1v) is 8.32. The van der Waals surface area contributed by atoms with Gasteiger partial charge in [-0.1, -0.05) is 31.0 Å². The van der Waals surface area contributed by atoms with Gasteiger partial charge in [-0.2, -0.15) is 0 Å². The van der Waals surface area contributed by atoms with Gasteiger partial charge in [0.15, 0.2) is 0 Å². The number of aromatic nitrogens is 1. The van der Waals surface area contributed by atoms with E-state index in [0.717, 1.165) is 30.0 Å². The van der Waals surface area contributed by atoms with E-state index in [1.165, 1.54) is 25.7 Å². The second-order valence-electron chi connectivity index (χ2n) is 6.07. The van der Waals surface area contributed by atoms with Crippen LogP contribution in [0.4, 0.5) is 11.4 Å². The highest BCUT2D eigenvalue weighted by Gasteiger charge is 2.12. The molecule has 0 saturated carbocycles. The molecule has 2 aromatic rings. The van der Waals surface area contributed by atoms with Gasteiger partial charge in [0.2, 0.25) is 0 Å². The van der Waals surface area contributed by atoms with Crippen molar-refractivity contribution in [1.29, 1.82) is 0 Å². The zero-order valence-electron chi connectivity index (χ0n) is 13.6. The molecular weight excluding hydrogens is 286 g/mol. The van der Waals surface area contributed by atoms with Crippen LogP contribution in [0.2, 0.25) is 0 Å². The molecule has 3 rings (SSSR count). The Balaban J connectivity index is 1.69. The smallest absolute Gasteiger partial charge is 0.274 e. The molecule has 2 heterocycles. The molecule has 0 atom stereocenters. The molecule has 1 saturated heterocycles. The van der Waals surface area contributed by atoms with Gasteiger partial charge in [-0.3, -0.25) is 4.79 Å². The van der Waals surface area contributed by atoms with E-state index in [-0.39, 0.29) is 5.91 Å². The lowest BCUT2D eigenvalue weighted by Crippen LogP contribution is -2.24. The first-order chi connectivity index (χ1) is 11.2. The van der Waals surface area contributed by atoms with Crippen molar-refractivity contribution in [3.05, 3.63) is 53.9 Å². The molecule has 1 aliphatic rings. The lowest BCUT2D eigenvalue weighted by Gasteiger charge is -2.22. The van der Waals surface area contributed by atoms with Gasteiger partial charge in [0.05, 0.1) is 11.9 Å². The molecule has 0 bridgehead atoms. The van der Waals surface area contributed by atoms with Crippen LogP contribution >= 0.6 is 0 Å². The first-order valence-electron chi connectivity index (χ1n) is 8.32. The maximum Gasteiger partial charge on any atom is 0.274 e. The van der Waals surface area contributed by atoms with Gasteiger partial charge in [-0.05, 0) is 43.5 Å². The van der Waals surface area contributed by atoms with E-state index in [4.69, 9.17) is 0 Å². The molecule has 0 spiro atoms. The number of hydrogen-bond donors (Lipinski definition) is 1. The molecule has 23 heavy (non-hydrogen) atoms. The summed E-state index contributed by atoms with van der Waals surface area (Å²) >= 11 is 0. The lowest BCUT2D eigenvalue weighted by atomic mass is 10.2. The molecule has 120 valence electrons. The van der Waals surface area contributed by atoms with Crippen molar-refractivity contribution < 1.29 is 4.79 Å². The van der Waals surface area contributed by atoms with Crippen LogP contribution in [0.15, 0.2) is 42.6 Å². The third-order valence-electron chi connectivity index (χ3n) is 4.34. The van der Waals surface area contributed by atoms with Gasteiger partial charge in [0.1, 0.15) is 5.69 Å². The van der Waals surface area contributed by atoms with Gasteiger partial charge < -0.3 is 10.2 Å². The maximum absolute atomic E-state index is 12.3. The van der Waals surface area contributed by atoms with E-state index < -0.39 is 0 Å². The number of carbonyl (C=O) groups excluding carboxylic acids is 1. The summed E-state index contributed by atoms with van der Waals surface area (Å²) in [4.78, 5) is 19.0. The Morgan fingerprint density at radius 1 is 1.04 bits per heavy atom. The van der Waals surface area contributed by atoms with Crippen LogP contribution in [0, 0.1) is 6.92 Å². The van der Waals surface area contributed by atoms with E-state index in [0.29, 0.717) is 5.69 Å². The summed E-state index contributed by atoms with van der Waals surface area (Å²) in [6.07, 6.45) is 6.89. The topological polar surface area (TPSA) is 45.2 Å². The number of aryl methyl sites for hydroxylation is 1. The molecule has 1 N–H and O–H groups in total. The number of amides is 1. The molecular formula is C19H23N3O. The second kappa shape index (κ2) is 7.27. The van der Waals surface area contributed by atoms with Crippen LogP contribution < -0.4 is 10.2 Å². The van der Waals surface area contributed by atoms with E-state index in [1.807, 2.05) is 49.5 Å². The van der Waals surface area contributed by atoms with Gasteiger partial charge in [0.25, 0.3) is 5.91 Å². The molecule has 1 aromatic heterocycles. The summed E-state index contributed by atoms with van der Waals surface area (Å²) in [6.45, 7) is 4.14. The number of anilines is 2. The fraction of sp³-hybridized carbons (Fsp3) is 0.368. The third kappa shape index (κ3) is 3.89. The Kier molecular flexibility index (Phi) is 4.91. The summed E-state index contributed by atoms with van der Waals surface area (Å²) in [5.41, 5.74) is 3.43. The standard InChI is InChI=1S/C19H23N3O/c1-15-8-4-5-9-17(15)21-19(23)18-11-10-16(14-20-18)22-12-6-2-3-7-13-22/h4-5,8-11,14H,2-3,6-7,12-13H2,1H3,(H,21,23). The highest BCUT2D eigenvalue weighted by Crippen LogP contribution is 2.19. The highest BCUT2D eigenvalue weighted by atomic mass is 16.1. The minimum Gasteiger partial charge on any atom is -0.370 e. The average molecular weight is 309 g/mol. The Labute approximate surface area is 137 Å². The summed E-state index contributed by atoms with van der Waals surface area (Å²) in [6, 6.07) is 11.6. The van der Waals surface area contributed by atoms with Crippen molar-refractivity contribution in [2.24, 2.45) is 0 Å². The molecule has 1 aromatic carbocycles. The van der Waals surface area contributed by atoms with E-state index in [1.54, 1.807) is 0 Å². The minimum absolute atomic E-state index is 0.165. The van der Waals surface area contributed by atoms with E-state index in [9.17, 15) is 4.79 Å². The zero-order valence-corrected chi connectivity index (χ0v) is 13.6. The maximum atomic E-state index is 12.3. The van der Waals surface area contributed by atoms with Crippen LogP contribution in [0.3, 0.4) is 0 Å². The number of benzene rings is 1. The Morgan fingerprint density at radius 2 is 1.78 bits per heavy atom. The van der Waals surface area contributed by atoms with Crippen LogP contribution in [-0.4, -0.2) is 24.0 Å². The first kappa shape index (κ1) is 15.5. The zero-order chi connectivity index (χ0) is 16.1. The predicted octanol–water partition coefficient (Wildman–Crippen LogP) is 4.02. The van der Waals surface area contributed by atoms with Crippen molar-refractivity contribution in [1.82, 2.24) is 4.98 Å². The van der Waals surface area contributed by atoms with Crippen molar-refractivity contribution in [3.8, 4) is 0 Å². The molecule has 1 amide bonds. The van der Waals surface area contributed by atoms with Crippen LogP contribution in [0.1, 0.15) is 41.7 Å². The Morgan fingerprint density at radius 3 is 2.43 bits per heavy atom. The van der Waals surface area contributed by atoms with Crippen LogP contribution in [0.5, 0.6) is 0 Å². The molecule has 1 aliphatic heterocycles. The molecule has 0 radical (unpaired) electrons. The predicted molar refractivity (Wildman–Crippen MR) is 94.1 cm³/mol. The lowest BCUT2D eigenvalue weighted by molar-refractivity contribution is 0.102. The largest absolute Gasteiger partial charge is 0.370 e. The summed E-state index contributed by atoms with van der Waals surface area (Å²) in [7, 11) is 0. The number of carbonyl (C=O) groups is 1. The number of rotatable bonds is 3. The molecule has 4 heteroatoms. The second-order valence-corrected chi connectivity index (χ2v) is 6.07. The highest BCUT2D eigenvalue weighted by molar-refractivity contribution is 6.03. The van der Waals surface area contributed by atoms with Crippen LogP contribution in [0.25, 0.3) is 0 Å². The third-order valence-corrected chi connectivity index (χ3v) is 4.34. The van der Waals surface area contributed by atoms with Gasteiger partial charge in [0, 0.05) is 18.8 Å². The quantitative estimate of drug-likeness (QED) is 0.931. The SMILES string of the molecule is Cc1ccccc1NC(=O)c1ccc(N2CCCCCC2)cn1. The summed E-state index contributed by atoms with van der Waals surface area (Å²) < 4.78 is 0. The number of nitrogens with zero attached hydrogens (tertiary/aromatic N) is 2. The molecule has 4 nitrogen and oxygen atoms in total. The van der Waals surface area contributed by atoms with Crippen molar-refractivity contribution in [2.45, 2.75) is 32.6 Å². The minimum atomic E-state index is -0.165. The Hall–Kier alpha value is -2.36. The average Bonchev–Trinajstić information content (AvgIpc) is 2.86. The number of nitrogens with one attached hydrogen (secondary N) is 1. The number of hydrogen-bond acceptors (Lipinski definition) is 3. The normalized spacial score (nSPS) is 15.1. The van der Waals surface area contributed by atoms with Crippen LogP contribution in [-0.2, 0) is 0 Å². The fourth-order valence-corrected chi connectivity index (χ4v) is 2.94. The van der Waals surface area contributed by atoms with Gasteiger partial charge in [-0.25, -0.2) is 4.98 Å². The molecule has 0 unspecified atom stereocenters. The van der Waals surface area contributed by atoms with E-state index >= 15 is 0 Å². The number of pyridine rings is 1. The molecule has 1 fully saturated rings. The van der Waals surface area contributed by atoms with E-state index in [2.05, 4.69) is 15.2 Å². The summed E-state index contributed by atoms with van der Waals surface area (Å²) in [5, 5.41) is 2.92. The van der Waals surface area contributed by atoms with Gasteiger partial charge >= 0.3 is 0 Å². The fourth-order valence-electron chi connectivity index (χ4n) is 2.94. The van der Waals surface area contributed by atoms with Crippen molar-refractivity contribution >= 4 is 17.3 Å². The number of para-hydroxylation sites is 1. The monoisotopic (exact) mass is 309 g/mol. The van der Waals surface area contributed by atoms with Gasteiger partial charge in [-0.15, -0.1) is 0 Å². The summed E-state index contributed by atoms with van der Waals surface area (Å²) in [5.74, 6) is -0.165. The Bertz CT molecular complexity index is 659. The molecule has 0 aliphatic carbocycles. The van der Waals surface area contributed by atoms with Crippen molar-refractivity contribution in [3.63, 3.8) is 0 Å². The van der Waals surface area contributed by atoms with Crippen molar-refractivity contribution in [2.75, 3.05) is 23.3 Å².